The predicted molar refractivity (Wildman–Crippen MR) is 112 cm³/mol. The number of aromatic nitrogens is 1. The van der Waals surface area contributed by atoms with E-state index >= 15 is 0 Å². The number of para-hydroxylation sites is 1. The van der Waals surface area contributed by atoms with E-state index in [1.54, 1.807) is 17.4 Å². The lowest BCUT2D eigenvalue weighted by Gasteiger charge is -2.31. The van der Waals surface area contributed by atoms with Crippen molar-refractivity contribution in [1.29, 1.82) is 0 Å². The molecule has 1 aliphatic carbocycles. The molecule has 2 amide bonds. The van der Waals surface area contributed by atoms with Gasteiger partial charge in [0.05, 0.1) is 15.8 Å². The third kappa shape index (κ3) is 5.55. The Balaban J connectivity index is 1.59. The summed E-state index contributed by atoms with van der Waals surface area (Å²) in [4.78, 5) is 29.0. The summed E-state index contributed by atoms with van der Waals surface area (Å²) in [6.07, 6.45) is 4.84. The second-order valence-corrected chi connectivity index (χ2v) is 9.45. The number of nitrogens with zero attached hydrogens (tertiary/aromatic N) is 1. The van der Waals surface area contributed by atoms with E-state index in [0.717, 1.165) is 28.1 Å². The zero-order chi connectivity index (χ0) is 20.4. The Kier molecular flexibility index (Phi) is 5.74. The minimum atomic E-state index is -0.552. The first-order valence-electron chi connectivity index (χ1n) is 9.47. The van der Waals surface area contributed by atoms with Gasteiger partial charge in [-0.2, -0.15) is 0 Å². The molecule has 150 valence electrons. The Morgan fingerprint density at radius 3 is 2.61 bits per heavy atom. The summed E-state index contributed by atoms with van der Waals surface area (Å²) in [5, 5.41) is 6.63. The van der Waals surface area contributed by atoms with Gasteiger partial charge in [0.25, 0.3) is 0 Å². The molecule has 1 unspecified atom stereocenters. The van der Waals surface area contributed by atoms with Crippen LogP contribution in [0.25, 0.3) is 16.3 Å². The van der Waals surface area contributed by atoms with Crippen molar-refractivity contribution >= 4 is 39.6 Å². The van der Waals surface area contributed by atoms with Gasteiger partial charge in [0, 0.05) is 12.6 Å². The van der Waals surface area contributed by atoms with Crippen molar-refractivity contribution in [2.45, 2.75) is 51.7 Å². The highest BCUT2D eigenvalue weighted by atomic mass is 32.1. The van der Waals surface area contributed by atoms with Gasteiger partial charge >= 0.3 is 6.09 Å². The van der Waals surface area contributed by atoms with Crippen molar-refractivity contribution in [3.05, 3.63) is 35.3 Å². The third-order valence-corrected chi connectivity index (χ3v) is 5.58. The predicted octanol–water partition coefficient (Wildman–Crippen LogP) is 4.12. The number of hydrogen-bond donors (Lipinski definition) is 2. The third-order valence-electron chi connectivity index (χ3n) is 4.57. The molecule has 1 aliphatic rings. The minimum absolute atomic E-state index is 0.195. The molecule has 28 heavy (non-hydrogen) atoms. The zero-order valence-corrected chi connectivity index (χ0v) is 17.6. The second-order valence-electron chi connectivity index (χ2n) is 8.39. The lowest BCUT2D eigenvalue weighted by Crippen LogP contribution is -2.55. The molecule has 2 aromatic rings. The average Bonchev–Trinajstić information content (AvgIpc) is 3.37. The van der Waals surface area contributed by atoms with Gasteiger partial charge in [0.15, 0.2) is 0 Å². The van der Waals surface area contributed by atoms with E-state index in [1.807, 2.05) is 52.0 Å². The summed E-state index contributed by atoms with van der Waals surface area (Å²) >= 11 is 1.54. The van der Waals surface area contributed by atoms with Crippen LogP contribution in [-0.4, -0.2) is 34.7 Å². The molecular formula is C21H27N3O3S. The minimum Gasteiger partial charge on any atom is -0.444 e. The first-order valence-corrected chi connectivity index (χ1v) is 10.3. The summed E-state index contributed by atoms with van der Waals surface area (Å²) in [5.74, 6) is 0.155. The molecule has 6 nitrogen and oxygen atoms in total. The zero-order valence-electron chi connectivity index (χ0n) is 16.7. The Labute approximate surface area is 169 Å². The van der Waals surface area contributed by atoms with Gasteiger partial charge < -0.3 is 15.4 Å². The van der Waals surface area contributed by atoms with Crippen LogP contribution in [0.1, 0.15) is 45.5 Å². The summed E-state index contributed by atoms with van der Waals surface area (Å²) in [6, 6.07) is 7.88. The molecule has 1 atom stereocenters. The van der Waals surface area contributed by atoms with E-state index in [9.17, 15) is 9.59 Å². The second kappa shape index (κ2) is 7.91. The number of hydrogen-bond acceptors (Lipinski definition) is 5. The van der Waals surface area contributed by atoms with E-state index in [-0.39, 0.29) is 5.91 Å². The SMILES string of the molecule is CC(C)(C)OC(=O)NCC(C)(NC(=O)/C=C/c1nc2ccccc2s1)C1CC1. The van der Waals surface area contributed by atoms with E-state index in [2.05, 4.69) is 15.6 Å². The number of nitrogens with one attached hydrogen (secondary N) is 2. The maximum Gasteiger partial charge on any atom is 0.407 e. The van der Waals surface area contributed by atoms with Crippen molar-refractivity contribution in [2.24, 2.45) is 5.92 Å². The molecule has 0 bridgehead atoms. The van der Waals surface area contributed by atoms with Crippen molar-refractivity contribution in [3.63, 3.8) is 0 Å². The Morgan fingerprint density at radius 2 is 1.96 bits per heavy atom. The van der Waals surface area contributed by atoms with Gasteiger partial charge in [-0.25, -0.2) is 9.78 Å². The molecule has 0 aliphatic heterocycles. The number of carbonyl (C=O) groups is 2. The fourth-order valence-electron chi connectivity index (χ4n) is 3.01. The van der Waals surface area contributed by atoms with Gasteiger partial charge in [0.1, 0.15) is 10.6 Å². The number of rotatable bonds is 6. The number of alkyl carbamates (subject to hydrolysis) is 1. The first kappa shape index (κ1) is 20.3. The molecule has 0 saturated heterocycles. The lowest BCUT2D eigenvalue weighted by atomic mass is 9.95. The number of amides is 2. The lowest BCUT2D eigenvalue weighted by molar-refractivity contribution is -0.118. The monoisotopic (exact) mass is 401 g/mol. The molecular weight excluding hydrogens is 374 g/mol. The quantitative estimate of drug-likeness (QED) is 0.714. The van der Waals surface area contributed by atoms with Crippen LogP contribution in [0.5, 0.6) is 0 Å². The molecule has 0 radical (unpaired) electrons. The van der Waals surface area contributed by atoms with Crippen LogP contribution < -0.4 is 10.6 Å². The van der Waals surface area contributed by atoms with Crippen LogP contribution in [0.3, 0.4) is 0 Å². The fourth-order valence-corrected chi connectivity index (χ4v) is 3.88. The molecule has 3 rings (SSSR count). The maximum atomic E-state index is 12.5. The standard InChI is InChI=1S/C21H27N3O3S/c1-20(2,3)27-19(26)22-13-21(4,14-9-10-14)24-17(25)11-12-18-23-15-7-5-6-8-16(15)28-18/h5-8,11-12,14H,9-10,13H2,1-4H3,(H,22,26)(H,24,25)/b12-11+. The van der Waals surface area contributed by atoms with E-state index < -0.39 is 17.2 Å². The van der Waals surface area contributed by atoms with Crippen molar-refractivity contribution in [1.82, 2.24) is 15.6 Å². The molecule has 2 N–H and O–H groups in total. The van der Waals surface area contributed by atoms with Crippen molar-refractivity contribution in [3.8, 4) is 0 Å². The highest BCUT2D eigenvalue weighted by molar-refractivity contribution is 7.19. The van der Waals surface area contributed by atoms with Crippen LogP contribution in [0.15, 0.2) is 30.3 Å². The molecule has 1 aromatic carbocycles. The van der Waals surface area contributed by atoms with E-state index in [1.165, 1.54) is 6.08 Å². The number of ether oxygens (including phenoxy) is 1. The van der Waals surface area contributed by atoms with Gasteiger partial charge in [-0.05, 0) is 64.7 Å². The van der Waals surface area contributed by atoms with Crippen LogP contribution in [0.2, 0.25) is 0 Å². The topological polar surface area (TPSA) is 80.3 Å². The highest BCUT2D eigenvalue weighted by Crippen LogP contribution is 2.39. The Hall–Kier alpha value is -2.41. The van der Waals surface area contributed by atoms with Crippen molar-refractivity contribution < 1.29 is 14.3 Å². The summed E-state index contributed by atoms with van der Waals surface area (Å²) < 4.78 is 6.38. The van der Waals surface area contributed by atoms with Crippen LogP contribution in [-0.2, 0) is 9.53 Å². The molecule has 0 spiro atoms. The molecule has 7 heteroatoms. The van der Waals surface area contributed by atoms with Crippen LogP contribution in [0.4, 0.5) is 4.79 Å². The molecule has 1 heterocycles. The van der Waals surface area contributed by atoms with E-state index in [0.29, 0.717) is 12.5 Å². The van der Waals surface area contributed by atoms with Gasteiger partial charge in [-0.15, -0.1) is 11.3 Å². The average molecular weight is 402 g/mol. The van der Waals surface area contributed by atoms with Crippen LogP contribution in [0, 0.1) is 5.92 Å². The first-order chi connectivity index (χ1) is 13.1. The number of carbonyl (C=O) groups excluding carboxylic acids is 2. The fraction of sp³-hybridized carbons (Fsp3) is 0.476. The molecule has 1 fully saturated rings. The molecule has 1 saturated carbocycles. The van der Waals surface area contributed by atoms with Crippen molar-refractivity contribution in [2.75, 3.05) is 6.54 Å². The highest BCUT2D eigenvalue weighted by Gasteiger charge is 2.42. The van der Waals surface area contributed by atoms with Gasteiger partial charge in [0.2, 0.25) is 5.91 Å². The van der Waals surface area contributed by atoms with Crippen LogP contribution >= 0.6 is 11.3 Å². The summed E-state index contributed by atoms with van der Waals surface area (Å²) in [5.41, 5.74) is -0.133. The number of thiazole rings is 1. The Morgan fingerprint density at radius 1 is 1.25 bits per heavy atom. The summed E-state index contributed by atoms with van der Waals surface area (Å²) in [6.45, 7) is 7.75. The smallest absolute Gasteiger partial charge is 0.407 e. The van der Waals surface area contributed by atoms with Gasteiger partial charge in [-0.1, -0.05) is 12.1 Å². The Bertz CT molecular complexity index is 863. The largest absolute Gasteiger partial charge is 0.444 e. The normalized spacial score (nSPS) is 16.7. The molecule has 1 aromatic heterocycles. The maximum absolute atomic E-state index is 12.5. The number of benzene rings is 1. The summed E-state index contributed by atoms with van der Waals surface area (Å²) in [7, 11) is 0. The van der Waals surface area contributed by atoms with Gasteiger partial charge in [-0.3, -0.25) is 4.79 Å². The van der Waals surface area contributed by atoms with E-state index in [4.69, 9.17) is 4.74 Å². The number of fused-ring (bicyclic) bond motifs is 1.